The van der Waals surface area contributed by atoms with E-state index < -0.39 is 0 Å². The number of halogens is 2. The zero-order valence-corrected chi connectivity index (χ0v) is 23.1. The second-order valence-electron chi connectivity index (χ2n) is 9.41. The molecule has 1 aliphatic rings. The first-order chi connectivity index (χ1) is 16.7. The van der Waals surface area contributed by atoms with Crippen LogP contribution in [-0.4, -0.2) is 58.3 Å². The van der Waals surface area contributed by atoms with Gasteiger partial charge in [0.1, 0.15) is 10.3 Å². The maximum Gasteiger partial charge on any atom is 0.254 e. The van der Waals surface area contributed by atoms with E-state index in [0.717, 1.165) is 37.9 Å². The van der Waals surface area contributed by atoms with Gasteiger partial charge in [-0.25, -0.2) is 4.98 Å². The highest BCUT2D eigenvalue weighted by Gasteiger charge is 2.29. The number of thiophene rings is 1. The third-order valence-corrected chi connectivity index (χ3v) is 7.61. The van der Waals surface area contributed by atoms with Crippen molar-refractivity contribution >= 4 is 46.4 Å². The number of hydrogen-bond acceptors (Lipinski definition) is 5. The molecule has 1 aliphatic heterocycles. The highest BCUT2D eigenvalue weighted by Crippen LogP contribution is 2.24. The molecule has 2 aromatic heterocycles. The monoisotopic (exact) mass is 536 g/mol. The molecule has 9 heteroatoms. The SMILES string of the molecule is CC(C)=CC(=O)N(Cc1ccsc1)C1CCN([C@H](C)CCNC(=O)c2c(C)cc(Cl)nc2Cl)CC1. The predicted octanol–water partition coefficient (Wildman–Crippen LogP) is 5.73. The molecule has 6 nitrogen and oxygen atoms in total. The van der Waals surface area contributed by atoms with Crippen LogP contribution in [0.25, 0.3) is 0 Å². The summed E-state index contributed by atoms with van der Waals surface area (Å²) >= 11 is 13.7. The van der Waals surface area contributed by atoms with Gasteiger partial charge in [-0.2, -0.15) is 11.3 Å². The minimum atomic E-state index is -0.232. The quantitative estimate of drug-likeness (QED) is 0.328. The first-order valence-corrected chi connectivity index (χ1v) is 13.7. The van der Waals surface area contributed by atoms with E-state index in [-0.39, 0.29) is 28.2 Å². The number of aryl methyl sites for hydroxylation is 1. The van der Waals surface area contributed by atoms with Crippen LogP contribution >= 0.6 is 34.5 Å². The molecule has 0 bridgehead atoms. The van der Waals surface area contributed by atoms with Gasteiger partial charge in [-0.3, -0.25) is 9.59 Å². The molecule has 35 heavy (non-hydrogen) atoms. The Bertz CT molecular complexity index is 1020. The molecule has 2 amide bonds. The van der Waals surface area contributed by atoms with Crippen molar-refractivity contribution in [3.05, 3.63) is 61.5 Å². The van der Waals surface area contributed by atoms with E-state index in [0.29, 0.717) is 30.3 Å². The van der Waals surface area contributed by atoms with E-state index in [4.69, 9.17) is 23.2 Å². The Kier molecular flexibility index (Phi) is 10.2. The smallest absolute Gasteiger partial charge is 0.254 e. The fourth-order valence-corrected chi connectivity index (χ4v) is 5.75. The van der Waals surface area contributed by atoms with E-state index in [2.05, 4.69) is 39.0 Å². The number of aromatic nitrogens is 1. The molecule has 0 unspecified atom stereocenters. The summed E-state index contributed by atoms with van der Waals surface area (Å²) in [6.07, 6.45) is 4.44. The van der Waals surface area contributed by atoms with Crippen molar-refractivity contribution in [2.45, 2.75) is 65.6 Å². The molecule has 3 rings (SSSR count). The second kappa shape index (κ2) is 12.9. The number of piperidine rings is 1. The van der Waals surface area contributed by atoms with Gasteiger partial charge in [0.2, 0.25) is 5.91 Å². The Morgan fingerprint density at radius 2 is 2.03 bits per heavy atom. The molecule has 3 heterocycles. The fourth-order valence-electron chi connectivity index (χ4n) is 4.47. The molecular formula is C26H34Cl2N4O2S. The van der Waals surface area contributed by atoms with Crippen LogP contribution < -0.4 is 5.32 Å². The zero-order valence-electron chi connectivity index (χ0n) is 20.8. The summed E-state index contributed by atoms with van der Waals surface area (Å²) in [4.78, 5) is 34.0. The number of likely N-dealkylation sites (tertiary alicyclic amines) is 1. The molecule has 1 atom stereocenters. The van der Waals surface area contributed by atoms with E-state index >= 15 is 0 Å². The summed E-state index contributed by atoms with van der Waals surface area (Å²) in [5.41, 5.74) is 3.28. The molecule has 0 spiro atoms. The van der Waals surface area contributed by atoms with Gasteiger partial charge in [-0.1, -0.05) is 28.8 Å². The van der Waals surface area contributed by atoms with Gasteiger partial charge >= 0.3 is 0 Å². The third kappa shape index (κ3) is 7.78. The Morgan fingerprint density at radius 3 is 2.63 bits per heavy atom. The van der Waals surface area contributed by atoms with Crippen LogP contribution in [0.5, 0.6) is 0 Å². The van der Waals surface area contributed by atoms with Crippen LogP contribution in [0.2, 0.25) is 10.3 Å². The predicted molar refractivity (Wildman–Crippen MR) is 144 cm³/mol. The lowest BCUT2D eigenvalue weighted by atomic mass is 10.00. The average molecular weight is 538 g/mol. The highest BCUT2D eigenvalue weighted by molar-refractivity contribution is 7.07. The Labute approximate surface area is 222 Å². The largest absolute Gasteiger partial charge is 0.352 e. The summed E-state index contributed by atoms with van der Waals surface area (Å²) in [6.45, 7) is 11.0. The summed E-state index contributed by atoms with van der Waals surface area (Å²) in [5, 5.41) is 7.53. The number of hydrogen-bond donors (Lipinski definition) is 1. The van der Waals surface area contributed by atoms with Crippen LogP contribution in [0.4, 0.5) is 0 Å². The minimum Gasteiger partial charge on any atom is -0.352 e. The van der Waals surface area contributed by atoms with Crippen molar-refractivity contribution in [3.8, 4) is 0 Å². The van der Waals surface area contributed by atoms with Crippen LogP contribution in [0.15, 0.2) is 34.5 Å². The molecule has 1 fully saturated rings. The zero-order chi connectivity index (χ0) is 25.5. The maximum atomic E-state index is 13.0. The lowest BCUT2D eigenvalue weighted by Crippen LogP contribution is -2.49. The van der Waals surface area contributed by atoms with Crippen molar-refractivity contribution < 1.29 is 9.59 Å². The standard InChI is InChI=1S/C26H34Cl2N4O2S/c1-17(2)13-23(33)32(15-20-8-12-35-16-20)21-6-10-31(11-7-21)19(4)5-9-29-26(34)24-18(3)14-22(27)30-25(24)28/h8,12-14,16,19,21H,5-7,9-11,15H2,1-4H3,(H,29,34)/t19-/m1/s1. The molecule has 0 aromatic carbocycles. The van der Waals surface area contributed by atoms with Crippen LogP contribution in [-0.2, 0) is 11.3 Å². The number of allylic oxidation sites excluding steroid dienone is 1. The Morgan fingerprint density at radius 1 is 1.31 bits per heavy atom. The molecule has 190 valence electrons. The highest BCUT2D eigenvalue weighted by atomic mass is 35.5. The van der Waals surface area contributed by atoms with Crippen LogP contribution in [0, 0.1) is 6.92 Å². The molecule has 2 aromatic rings. The van der Waals surface area contributed by atoms with Gasteiger partial charge < -0.3 is 15.1 Å². The number of pyridine rings is 1. The summed E-state index contributed by atoms with van der Waals surface area (Å²) < 4.78 is 0. The van der Waals surface area contributed by atoms with E-state index in [9.17, 15) is 9.59 Å². The Balaban J connectivity index is 1.51. The second-order valence-corrected chi connectivity index (χ2v) is 10.9. The van der Waals surface area contributed by atoms with Crippen LogP contribution in [0.1, 0.15) is 61.5 Å². The van der Waals surface area contributed by atoms with Crippen molar-refractivity contribution in [3.63, 3.8) is 0 Å². The molecule has 1 saturated heterocycles. The van der Waals surface area contributed by atoms with Gasteiger partial charge in [-0.15, -0.1) is 0 Å². The lowest BCUT2D eigenvalue weighted by molar-refractivity contribution is -0.130. The molecule has 0 aliphatic carbocycles. The van der Waals surface area contributed by atoms with Gasteiger partial charge in [0.15, 0.2) is 0 Å². The van der Waals surface area contributed by atoms with Crippen LogP contribution in [0.3, 0.4) is 0 Å². The molecule has 1 N–H and O–H groups in total. The minimum absolute atomic E-state index is 0.0936. The number of nitrogens with zero attached hydrogens (tertiary/aromatic N) is 3. The van der Waals surface area contributed by atoms with Crippen molar-refractivity contribution in [1.82, 2.24) is 20.1 Å². The topological polar surface area (TPSA) is 65.5 Å². The van der Waals surface area contributed by atoms with Gasteiger partial charge in [-0.05, 0) is 81.0 Å². The first-order valence-electron chi connectivity index (χ1n) is 12.0. The van der Waals surface area contributed by atoms with E-state index in [1.54, 1.807) is 30.4 Å². The molecular weight excluding hydrogens is 503 g/mol. The maximum absolute atomic E-state index is 13.0. The molecule has 0 radical (unpaired) electrons. The van der Waals surface area contributed by atoms with Crippen molar-refractivity contribution in [1.29, 1.82) is 0 Å². The van der Waals surface area contributed by atoms with Gasteiger partial charge in [0.05, 0.1) is 5.56 Å². The van der Waals surface area contributed by atoms with E-state index in [1.807, 2.05) is 18.7 Å². The third-order valence-electron chi connectivity index (χ3n) is 6.41. The van der Waals surface area contributed by atoms with Gasteiger partial charge in [0, 0.05) is 44.3 Å². The summed E-state index contributed by atoms with van der Waals surface area (Å²) in [5.74, 6) is -0.138. The number of carbonyl (C=O) groups is 2. The van der Waals surface area contributed by atoms with Gasteiger partial charge in [0.25, 0.3) is 5.91 Å². The average Bonchev–Trinajstić information content (AvgIpc) is 3.29. The van der Waals surface area contributed by atoms with E-state index in [1.165, 1.54) is 5.56 Å². The lowest BCUT2D eigenvalue weighted by Gasteiger charge is -2.40. The molecule has 0 saturated carbocycles. The summed E-state index contributed by atoms with van der Waals surface area (Å²) in [6, 6.07) is 4.27. The van der Waals surface area contributed by atoms with Crippen molar-refractivity contribution in [2.24, 2.45) is 0 Å². The fraction of sp³-hybridized carbons (Fsp3) is 0.500. The number of rotatable bonds is 9. The number of amides is 2. The summed E-state index contributed by atoms with van der Waals surface area (Å²) in [7, 11) is 0. The Hall–Kier alpha value is -1.93. The first kappa shape index (κ1) is 27.7. The van der Waals surface area contributed by atoms with Crippen molar-refractivity contribution in [2.75, 3.05) is 19.6 Å². The number of carbonyl (C=O) groups excluding carboxylic acids is 2. The number of nitrogens with one attached hydrogen (secondary N) is 1. The normalized spacial score (nSPS) is 15.5.